The first kappa shape index (κ1) is 25.6. The van der Waals surface area contributed by atoms with Crippen molar-refractivity contribution in [1.29, 1.82) is 0 Å². The summed E-state index contributed by atoms with van der Waals surface area (Å²) in [5.41, 5.74) is 0. The van der Waals surface area contributed by atoms with Crippen molar-refractivity contribution >= 4 is 11.8 Å². The summed E-state index contributed by atoms with van der Waals surface area (Å²) in [6.45, 7) is 5.76. The topological polar surface area (TPSA) is 75.8 Å². The van der Waals surface area contributed by atoms with Crippen molar-refractivity contribution < 1.29 is 18.7 Å². The zero-order valence-corrected chi connectivity index (χ0v) is 20.0. The molecule has 2 N–H and O–H groups in total. The summed E-state index contributed by atoms with van der Waals surface area (Å²) in [5, 5.41) is 5.88. The molecule has 0 aliphatic heterocycles. The Kier molecular flexibility index (Phi) is 12.2. The summed E-state index contributed by atoms with van der Waals surface area (Å²) < 4.78 is 8.41. The third-order valence-corrected chi connectivity index (χ3v) is 5.55. The summed E-state index contributed by atoms with van der Waals surface area (Å²) in [5.74, 6) is 0.169. The van der Waals surface area contributed by atoms with Gasteiger partial charge in [0, 0.05) is 19.5 Å². The number of hydrogen-bond acceptors (Lipinski definition) is 2. The third-order valence-electron chi connectivity index (χ3n) is 5.55. The van der Waals surface area contributed by atoms with Crippen LogP contribution in [-0.2, 0) is 36.3 Å². The van der Waals surface area contributed by atoms with Gasteiger partial charge in [-0.15, -0.1) is 0 Å². The number of aromatic nitrogens is 4. The SMILES string of the molecule is CCC(=O)NCCCCCCNC(=O)C[n+]1ccn(CCCCCC[n+]2ccn(C)c2)c1. The molecule has 0 atom stereocenters. The number of hydrogen-bond donors (Lipinski definition) is 2. The van der Waals surface area contributed by atoms with Crippen molar-refractivity contribution in [2.24, 2.45) is 7.05 Å². The molecule has 8 heteroatoms. The minimum Gasteiger partial charge on any atom is -0.356 e. The molecular formula is C24H42N6O2+2. The number of aryl methyl sites for hydroxylation is 3. The van der Waals surface area contributed by atoms with Crippen molar-refractivity contribution in [2.45, 2.75) is 84.3 Å². The molecule has 0 saturated heterocycles. The van der Waals surface area contributed by atoms with Crippen molar-refractivity contribution in [3.8, 4) is 0 Å². The van der Waals surface area contributed by atoms with E-state index < -0.39 is 0 Å². The van der Waals surface area contributed by atoms with Gasteiger partial charge >= 0.3 is 0 Å². The minimum absolute atomic E-state index is 0.0568. The molecule has 2 amide bonds. The van der Waals surface area contributed by atoms with E-state index in [0.29, 0.717) is 19.5 Å². The van der Waals surface area contributed by atoms with Crippen LogP contribution in [0.4, 0.5) is 0 Å². The average Bonchev–Trinajstić information content (AvgIpc) is 3.40. The van der Waals surface area contributed by atoms with Crippen molar-refractivity contribution in [1.82, 2.24) is 19.8 Å². The van der Waals surface area contributed by atoms with Crippen LogP contribution in [0.3, 0.4) is 0 Å². The number of rotatable bonds is 17. The highest BCUT2D eigenvalue weighted by atomic mass is 16.2. The normalized spacial score (nSPS) is 10.9. The summed E-state index contributed by atoms with van der Waals surface area (Å²) in [6, 6.07) is 0. The van der Waals surface area contributed by atoms with Gasteiger partial charge in [0.15, 0.2) is 6.54 Å². The molecule has 2 aromatic rings. The van der Waals surface area contributed by atoms with Crippen LogP contribution in [-0.4, -0.2) is 34.0 Å². The lowest BCUT2D eigenvalue weighted by Crippen LogP contribution is -2.41. The molecule has 0 saturated carbocycles. The Morgan fingerprint density at radius 1 is 0.781 bits per heavy atom. The molecule has 2 rings (SSSR count). The molecule has 0 unspecified atom stereocenters. The van der Waals surface area contributed by atoms with Crippen molar-refractivity contribution in [3.63, 3.8) is 0 Å². The average molecular weight is 447 g/mol. The fraction of sp³-hybridized carbons (Fsp3) is 0.667. The predicted octanol–water partition coefficient (Wildman–Crippen LogP) is 1.87. The monoisotopic (exact) mass is 446 g/mol. The lowest BCUT2D eigenvalue weighted by atomic mass is 10.2. The first-order valence-corrected chi connectivity index (χ1v) is 12.2. The van der Waals surface area contributed by atoms with Gasteiger partial charge in [-0.25, -0.2) is 18.3 Å². The fourth-order valence-corrected chi connectivity index (χ4v) is 3.65. The van der Waals surface area contributed by atoms with Crippen molar-refractivity contribution in [2.75, 3.05) is 13.1 Å². The van der Waals surface area contributed by atoms with E-state index in [4.69, 9.17) is 0 Å². The Hall–Kier alpha value is -2.64. The van der Waals surface area contributed by atoms with E-state index in [1.807, 2.05) is 37.3 Å². The van der Waals surface area contributed by atoms with Crippen LogP contribution in [0.1, 0.15) is 64.7 Å². The maximum absolute atomic E-state index is 12.1. The second-order valence-electron chi connectivity index (χ2n) is 8.52. The zero-order valence-electron chi connectivity index (χ0n) is 20.0. The third kappa shape index (κ3) is 11.1. The van der Waals surface area contributed by atoms with E-state index in [1.54, 1.807) is 0 Å². The number of amides is 2. The molecule has 0 aliphatic carbocycles. The molecular weight excluding hydrogens is 404 g/mol. The van der Waals surface area contributed by atoms with Gasteiger partial charge in [0.05, 0.1) is 20.1 Å². The molecule has 0 spiro atoms. The molecule has 32 heavy (non-hydrogen) atoms. The van der Waals surface area contributed by atoms with Gasteiger partial charge in [-0.05, 0) is 38.5 Å². The van der Waals surface area contributed by atoms with E-state index in [0.717, 1.165) is 51.7 Å². The summed E-state index contributed by atoms with van der Waals surface area (Å²) in [6.07, 6.45) is 21.8. The molecule has 0 aromatic carbocycles. The maximum atomic E-state index is 12.1. The van der Waals surface area contributed by atoms with Crippen LogP contribution in [0.2, 0.25) is 0 Å². The quantitative estimate of drug-likeness (QED) is 0.288. The number of imidazole rings is 2. The van der Waals surface area contributed by atoms with Crippen LogP contribution in [0.5, 0.6) is 0 Å². The van der Waals surface area contributed by atoms with E-state index >= 15 is 0 Å². The summed E-state index contributed by atoms with van der Waals surface area (Å²) in [4.78, 5) is 23.3. The van der Waals surface area contributed by atoms with Gasteiger partial charge in [0.1, 0.15) is 24.8 Å². The molecule has 0 aliphatic rings. The fourth-order valence-electron chi connectivity index (χ4n) is 3.65. The smallest absolute Gasteiger partial charge is 0.262 e. The molecule has 0 fully saturated rings. The van der Waals surface area contributed by atoms with E-state index in [2.05, 4.69) is 43.1 Å². The maximum Gasteiger partial charge on any atom is 0.262 e. The number of nitrogens with one attached hydrogen (secondary N) is 2. The lowest BCUT2D eigenvalue weighted by molar-refractivity contribution is -0.696. The van der Waals surface area contributed by atoms with E-state index in [9.17, 15) is 9.59 Å². The Bertz CT molecular complexity index is 798. The van der Waals surface area contributed by atoms with Crippen LogP contribution >= 0.6 is 0 Å². The van der Waals surface area contributed by atoms with E-state index in [1.165, 1.54) is 19.3 Å². The van der Waals surface area contributed by atoms with Gasteiger partial charge in [-0.3, -0.25) is 9.59 Å². The van der Waals surface area contributed by atoms with Crippen LogP contribution in [0.15, 0.2) is 37.4 Å². The molecule has 178 valence electrons. The summed E-state index contributed by atoms with van der Waals surface area (Å²) in [7, 11) is 2.05. The highest BCUT2D eigenvalue weighted by Crippen LogP contribution is 2.02. The van der Waals surface area contributed by atoms with E-state index in [-0.39, 0.29) is 11.8 Å². The highest BCUT2D eigenvalue weighted by molar-refractivity contribution is 5.75. The molecule has 0 radical (unpaired) electrons. The molecule has 2 heterocycles. The van der Waals surface area contributed by atoms with Crippen LogP contribution in [0.25, 0.3) is 0 Å². The number of nitrogens with zero attached hydrogens (tertiary/aromatic N) is 4. The van der Waals surface area contributed by atoms with Gasteiger partial charge in [0.2, 0.25) is 18.6 Å². The largest absolute Gasteiger partial charge is 0.356 e. The minimum atomic E-state index is 0.0568. The Morgan fingerprint density at radius 2 is 1.44 bits per heavy atom. The molecule has 2 aromatic heterocycles. The predicted molar refractivity (Wildman–Crippen MR) is 123 cm³/mol. The van der Waals surface area contributed by atoms with Crippen LogP contribution < -0.4 is 19.8 Å². The van der Waals surface area contributed by atoms with Crippen LogP contribution in [0, 0.1) is 0 Å². The zero-order chi connectivity index (χ0) is 23.0. The van der Waals surface area contributed by atoms with Gasteiger partial charge < -0.3 is 10.6 Å². The van der Waals surface area contributed by atoms with Gasteiger partial charge in [-0.1, -0.05) is 19.8 Å². The van der Waals surface area contributed by atoms with Gasteiger partial charge in [-0.2, -0.15) is 0 Å². The van der Waals surface area contributed by atoms with Crippen molar-refractivity contribution in [3.05, 3.63) is 37.4 Å². The first-order valence-electron chi connectivity index (χ1n) is 12.2. The Balaban J connectivity index is 1.45. The number of unbranched alkanes of at least 4 members (excludes halogenated alkanes) is 6. The lowest BCUT2D eigenvalue weighted by Gasteiger charge is -2.05. The highest BCUT2D eigenvalue weighted by Gasteiger charge is 2.09. The second-order valence-corrected chi connectivity index (χ2v) is 8.52. The van der Waals surface area contributed by atoms with Gasteiger partial charge in [0.25, 0.3) is 5.91 Å². The number of carbonyl (C=O) groups excluding carboxylic acids is 2. The standard InChI is InChI=1S/C24H40N6O2/c1-3-23(31)25-12-8-4-5-9-13-26-24(32)20-30-19-18-29(22-30)15-11-7-6-10-14-28-17-16-27(2)21-28/h16-19,21-22H,3-15,20H2,1-2H3/p+2. The molecule has 8 nitrogen and oxygen atoms in total. The Morgan fingerprint density at radius 3 is 2.12 bits per heavy atom. The molecule has 0 bridgehead atoms. The number of carbonyl (C=O) groups is 2. The second kappa shape index (κ2) is 15.2. The Labute approximate surface area is 192 Å². The first-order chi connectivity index (χ1) is 15.6. The summed E-state index contributed by atoms with van der Waals surface area (Å²) >= 11 is 0.